The van der Waals surface area contributed by atoms with Crippen molar-refractivity contribution < 1.29 is 28.6 Å². The van der Waals surface area contributed by atoms with Crippen LogP contribution in [0.2, 0.25) is 0 Å². The molecule has 4 rings (SSSR count). The van der Waals surface area contributed by atoms with E-state index in [1.165, 1.54) is 18.2 Å². The molecule has 2 heterocycles. The van der Waals surface area contributed by atoms with E-state index in [0.29, 0.717) is 51.4 Å². The highest BCUT2D eigenvalue weighted by Gasteiger charge is 2.44. The van der Waals surface area contributed by atoms with Gasteiger partial charge in [0.2, 0.25) is 5.91 Å². The highest BCUT2D eigenvalue weighted by Crippen LogP contribution is 2.45. The van der Waals surface area contributed by atoms with Crippen molar-refractivity contribution >= 4 is 11.9 Å². The molecule has 3 amide bonds. The Morgan fingerprint density at radius 1 is 1.07 bits per heavy atom. The third-order valence-corrected chi connectivity index (χ3v) is 8.66. The summed E-state index contributed by atoms with van der Waals surface area (Å²) in [5.41, 5.74) is 5.28. The summed E-state index contributed by atoms with van der Waals surface area (Å²) in [5.74, 6) is -1.82. The number of nitrogens with one attached hydrogen (secondary N) is 1. The standard InChI is InChI=1S/C31H42F2N4O4/c1-21-8-9-26(32)24(17-21)29-25(6-2-7-27(29)33)31(41,12-4-13-35-28(39)20-38)23-5-3-14-37(19-23)30(40)36-15-10-22(18-34)11-16-36/h2,6-9,17,22-23,38,41H,3-5,10-16,18-20,34H2,1H3,(H,35,39). The minimum atomic E-state index is -1.62. The topological polar surface area (TPSA) is 119 Å². The molecular formula is C31H42F2N4O4. The van der Waals surface area contributed by atoms with E-state index >= 15 is 8.78 Å². The third kappa shape index (κ3) is 7.05. The van der Waals surface area contributed by atoms with E-state index in [4.69, 9.17) is 10.8 Å². The largest absolute Gasteiger partial charge is 0.387 e. The molecule has 2 aliphatic heterocycles. The average Bonchev–Trinajstić information content (AvgIpc) is 3.00. The van der Waals surface area contributed by atoms with Crippen molar-refractivity contribution in [3.8, 4) is 11.1 Å². The Kier molecular flexibility index (Phi) is 10.3. The van der Waals surface area contributed by atoms with Crippen LogP contribution in [-0.2, 0) is 10.4 Å². The van der Waals surface area contributed by atoms with Gasteiger partial charge in [-0.25, -0.2) is 13.6 Å². The monoisotopic (exact) mass is 572 g/mol. The van der Waals surface area contributed by atoms with Crippen LogP contribution >= 0.6 is 0 Å². The first-order chi connectivity index (χ1) is 19.7. The van der Waals surface area contributed by atoms with E-state index in [2.05, 4.69) is 5.32 Å². The van der Waals surface area contributed by atoms with Crippen LogP contribution in [0.25, 0.3) is 11.1 Å². The van der Waals surface area contributed by atoms with Crippen LogP contribution < -0.4 is 11.1 Å². The smallest absolute Gasteiger partial charge is 0.320 e. The number of carbonyl (C=O) groups is 2. The number of aliphatic hydroxyl groups excluding tert-OH is 1. The van der Waals surface area contributed by atoms with Gasteiger partial charge in [0.05, 0.1) is 5.60 Å². The lowest BCUT2D eigenvalue weighted by Gasteiger charge is -2.45. The lowest BCUT2D eigenvalue weighted by Crippen LogP contribution is -2.53. The second-order valence-corrected chi connectivity index (χ2v) is 11.4. The Bertz CT molecular complexity index is 1220. The predicted molar refractivity (Wildman–Crippen MR) is 153 cm³/mol. The fourth-order valence-corrected chi connectivity index (χ4v) is 6.29. The molecular weight excluding hydrogens is 530 g/mol. The highest BCUT2D eigenvalue weighted by atomic mass is 19.1. The van der Waals surface area contributed by atoms with Crippen molar-refractivity contribution in [1.82, 2.24) is 15.1 Å². The second-order valence-electron chi connectivity index (χ2n) is 11.4. The molecule has 0 bridgehead atoms. The summed E-state index contributed by atoms with van der Waals surface area (Å²) in [6, 6.07) is 8.78. The van der Waals surface area contributed by atoms with Crippen molar-refractivity contribution in [2.45, 2.75) is 51.0 Å². The second kappa shape index (κ2) is 13.7. The van der Waals surface area contributed by atoms with Gasteiger partial charge in [-0.3, -0.25) is 4.79 Å². The maximum absolute atomic E-state index is 15.6. The Hall–Kier alpha value is -3.08. The number of benzene rings is 2. The van der Waals surface area contributed by atoms with Gasteiger partial charge in [-0.15, -0.1) is 0 Å². The molecule has 0 aliphatic carbocycles. The fourth-order valence-electron chi connectivity index (χ4n) is 6.29. The SMILES string of the molecule is Cc1ccc(F)c(-c2c(F)cccc2C(O)(CCCNC(=O)CO)C2CCCN(C(=O)N3CCC(CN)CC3)C2)c1. The van der Waals surface area contributed by atoms with E-state index in [-0.39, 0.29) is 42.2 Å². The van der Waals surface area contributed by atoms with Crippen molar-refractivity contribution in [3.63, 3.8) is 0 Å². The summed E-state index contributed by atoms with van der Waals surface area (Å²) >= 11 is 0. The molecule has 2 saturated heterocycles. The van der Waals surface area contributed by atoms with Gasteiger partial charge in [-0.2, -0.15) is 0 Å². The number of aryl methyl sites for hydroxylation is 1. The first-order valence-electron chi connectivity index (χ1n) is 14.6. The number of nitrogens with zero attached hydrogens (tertiary/aromatic N) is 2. The minimum Gasteiger partial charge on any atom is -0.387 e. The summed E-state index contributed by atoms with van der Waals surface area (Å²) in [6.07, 6.45) is 3.42. The predicted octanol–water partition coefficient (Wildman–Crippen LogP) is 3.52. The molecule has 0 aromatic heterocycles. The highest BCUT2D eigenvalue weighted by molar-refractivity contribution is 5.77. The van der Waals surface area contributed by atoms with Crippen LogP contribution in [0.15, 0.2) is 36.4 Å². The van der Waals surface area contributed by atoms with E-state index in [1.54, 1.807) is 30.0 Å². The average molecular weight is 573 g/mol. The van der Waals surface area contributed by atoms with Crippen LogP contribution in [0.1, 0.15) is 49.7 Å². The molecule has 2 aromatic rings. The molecule has 0 spiro atoms. The van der Waals surface area contributed by atoms with Crippen LogP contribution in [-0.4, -0.2) is 77.8 Å². The Morgan fingerprint density at radius 2 is 1.83 bits per heavy atom. The Balaban J connectivity index is 1.67. The number of hydrogen-bond donors (Lipinski definition) is 4. The molecule has 2 aromatic carbocycles. The molecule has 2 unspecified atom stereocenters. The number of hydrogen-bond acceptors (Lipinski definition) is 5. The molecule has 224 valence electrons. The first kappa shape index (κ1) is 30.9. The van der Waals surface area contributed by atoms with Gasteiger partial charge >= 0.3 is 6.03 Å². The van der Waals surface area contributed by atoms with E-state index < -0.39 is 35.7 Å². The molecule has 2 aliphatic rings. The van der Waals surface area contributed by atoms with Gasteiger partial charge in [0.1, 0.15) is 18.2 Å². The van der Waals surface area contributed by atoms with Crippen LogP contribution in [0.3, 0.4) is 0 Å². The summed E-state index contributed by atoms with van der Waals surface area (Å²) in [6.45, 7) is 4.04. The zero-order valence-electron chi connectivity index (χ0n) is 23.7. The van der Waals surface area contributed by atoms with Gasteiger partial charge in [0.15, 0.2) is 0 Å². The lowest BCUT2D eigenvalue weighted by atomic mass is 9.72. The first-order valence-corrected chi connectivity index (χ1v) is 14.6. The number of piperidine rings is 2. The van der Waals surface area contributed by atoms with E-state index in [1.807, 2.05) is 4.90 Å². The summed E-state index contributed by atoms with van der Waals surface area (Å²) in [7, 11) is 0. The number of nitrogens with two attached hydrogens (primary N) is 1. The van der Waals surface area contributed by atoms with Gasteiger partial charge in [-0.1, -0.05) is 23.8 Å². The van der Waals surface area contributed by atoms with Crippen molar-refractivity contribution in [3.05, 3.63) is 59.2 Å². The van der Waals surface area contributed by atoms with Crippen molar-refractivity contribution in [2.75, 3.05) is 45.9 Å². The quantitative estimate of drug-likeness (QED) is 0.343. The number of urea groups is 1. The summed E-state index contributed by atoms with van der Waals surface area (Å²) in [4.78, 5) is 28.7. The Morgan fingerprint density at radius 3 is 2.54 bits per heavy atom. The molecule has 10 heteroatoms. The van der Waals surface area contributed by atoms with E-state index in [0.717, 1.165) is 18.4 Å². The lowest BCUT2D eigenvalue weighted by molar-refractivity contribution is -0.123. The molecule has 41 heavy (non-hydrogen) atoms. The van der Waals surface area contributed by atoms with Crippen molar-refractivity contribution in [2.24, 2.45) is 17.6 Å². The van der Waals surface area contributed by atoms with E-state index in [9.17, 15) is 14.7 Å². The third-order valence-electron chi connectivity index (χ3n) is 8.66. The maximum Gasteiger partial charge on any atom is 0.320 e. The zero-order chi connectivity index (χ0) is 29.6. The number of halogens is 2. The number of rotatable bonds is 9. The number of carbonyl (C=O) groups excluding carboxylic acids is 2. The van der Waals surface area contributed by atoms with Gasteiger partial charge < -0.3 is 31.1 Å². The molecule has 2 fully saturated rings. The Labute approximate surface area is 240 Å². The molecule has 0 radical (unpaired) electrons. The molecule has 2 atom stereocenters. The van der Waals surface area contributed by atoms with Crippen LogP contribution in [0, 0.1) is 30.4 Å². The van der Waals surface area contributed by atoms with Crippen LogP contribution in [0.5, 0.6) is 0 Å². The normalized spacial score (nSPS) is 19.6. The van der Waals surface area contributed by atoms with Gasteiger partial charge in [0.25, 0.3) is 0 Å². The molecule has 5 N–H and O–H groups in total. The zero-order valence-corrected chi connectivity index (χ0v) is 23.7. The number of likely N-dealkylation sites (tertiary alicyclic amines) is 2. The maximum atomic E-state index is 15.6. The van der Waals surface area contributed by atoms with Crippen molar-refractivity contribution in [1.29, 1.82) is 0 Å². The molecule has 0 saturated carbocycles. The van der Waals surface area contributed by atoms with Gasteiger partial charge in [0, 0.05) is 49.8 Å². The fraction of sp³-hybridized carbons (Fsp3) is 0.548. The van der Waals surface area contributed by atoms with Gasteiger partial charge in [-0.05, 0) is 81.7 Å². The minimum absolute atomic E-state index is 0.00269. The number of aliphatic hydroxyl groups is 2. The summed E-state index contributed by atoms with van der Waals surface area (Å²) < 4.78 is 30.7. The molecule has 8 nitrogen and oxygen atoms in total. The summed E-state index contributed by atoms with van der Waals surface area (Å²) in [5, 5.41) is 24.2. The number of amides is 3. The van der Waals surface area contributed by atoms with Crippen LogP contribution in [0.4, 0.5) is 13.6 Å².